The van der Waals surface area contributed by atoms with Crippen molar-refractivity contribution in [2.45, 2.75) is 50.9 Å². The van der Waals surface area contributed by atoms with Crippen LogP contribution in [-0.2, 0) is 4.79 Å². The van der Waals surface area contributed by atoms with Crippen LogP contribution in [0.2, 0.25) is 0 Å². The van der Waals surface area contributed by atoms with Gasteiger partial charge in [0.15, 0.2) is 5.16 Å². The SMILES string of the molecule is CC(C)C(C)NC(=O)CSc1n[nH]c(=O)n1C1CC1. The lowest BCUT2D eigenvalue weighted by Gasteiger charge is -2.17. The Morgan fingerprint density at radius 3 is 2.79 bits per heavy atom. The van der Waals surface area contributed by atoms with Gasteiger partial charge in [-0.15, -0.1) is 5.10 Å². The first-order chi connectivity index (χ1) is 8.99. The average Bonchev–Trinajstić information content (AvgIpc) is 3.11. The van der Waals surface area contributed by atoms with Gasteiger partial charge in [0, 0.05) is 12.1 Å². The lowest BCUT2D eigenvalue weighted by atomic mass is 10.1. The summed E-state index contributed by atoms with van der Waals surface area (Å²) < 4.78 is 1.66. The normalized spacial score (nSPS) is 16.6. The number of rotatable bonds is 6. The van der Waals surface area contributed by atoms with Gasteiger partial charge in [0.25, 0.3) is 0 Å². The summed E-state index contributed by atoms with van der Waals surface area (Å²) in [5.74, 6) is 0.668. The molecule has 0 aromatic carbocycles. The molecule has 1 aliphatic rings. The van der Waals surface area contributed by atoms with Crippen molar-refractivity contribution in [2.75, 3.05) is 5.75 Å². The molecule has 2 N–H and O–H groups in total. The minimum absolute atomic E-state index is 0.0241. The fourth-order valence-corrected chi connectivity index (χ4v) is 2.46. The Hall–Kier alpha value is -1.24. The predicted molar refractivity (Wildman–Crippen MR) is 74.3 cm³/mol. The highest BCUT2D eigenvalue weighted by Gasteiger charge is 2.28. The maximum absolute atomic E-state index is 11.8. The maximum Gasteiger partial charge on any atom is 0.344 e. The zero-order chi connectivity index (χ0) is 14.0. The van der Waals surface area contributed by atoms with Crippen molar-refractivity contribution in [1.29, 1.82) is 0 Å². The van der Waals surface area contributed by atoms with Gasteiger partial charge >= 0.3 is 5.69 Å². The molecule has 0 radical (unpaired) electrons. The predicted octanol–water partition coefficient (Wildman–Crippen LogP) is 1.16. The molecular weight excluding hydrogens is 264 g/mol. The van der Waals surface area contributed by atoms with E-state index in [9.17, 15) is 9.59 Å². The van der Waals surface area contributed by atoms with E-state index in [2.05, 4.69) is 29.4 Å². The number of H-pyrrole nitrogens is 1. The Morgan fingerprint density at radius 1 is 1.53 bits per heavy atom. The van der Waals surface area contributed by atoms with Gasteiger partial charge < -0.3 is 5.32 Å². The van der Waals surface area contributed by atoms with Crippen LogP contribution in [0.5, 0.6) is 0 Å². The summed E-state index contributed by atoms with van der Waals surface area (Å²) in [4.78, 5) is 23.3. The highest BCUT2D eigenvalue weighted by atomic mass is 32.2. The number of aromatic nitrogens is 3. The molecule has 0 bridgehead atoms. The number of amides is 1. The first kappa shape index (κ1) is 14.2. The molecule has 19 heavy (non-hydrogen) atoms. The van der Waals surface area contributed by atoms with E-state index in [1.165, 1.54) is 11.8 Å². The van der Waals surface area contributed by atoms with Crippen molar-refractivity contribution < 1.29 is 4.79 Å². The van der Waals surface area contributed by atoms with E-state index < -0.39 is 0 Å². The molecule has 1 amide bonds. The highest BCUT2D eigenvalue weighted by Crippen LogP contribution is 2.35. The average molecular weight is 284 g/mol. The van der Waals surface area contributed by atoms with Crippen LogP contribution in [0.3, 0.4) is 0 Å². The molecule has 7 heteroatoms. The van der Waals surface area contributed by atoms with Gasteiger partial charge in [-0.05, 0) is 25.7 Å². The number of carbonyl (C=O) groups excluding carboxylic acids is 1. The van der Waals surface area contributed by atoms with Gasteiger partial charge in [-0.25, -0.2) is 9.89 Å². The molecular formula is C12H20N4O2S. The summed E-state index contributed by atoms with van der Waals surface area (Å²) in [5, 5.41) is 9.96. The standard InChI is InChI=1S/C12H20N4O2S/c1-7(2)8(3)13-10(17)6-19-12-15-14-11(18)16(12)9-4-5-9/h7-9H,4-6H2,1-3H3,(H,13,17)(H,14,18). The number of thioether (sulfide) groups is 1. The van der Waals surface area contributed by atoms with E-state index in [1.54, 1.807) is 4.57 Å². The van der Waals surface area contributed by atoms with E-state index in [0.29, 0.717) is 11.1 Å². The third-order valence-electron chi connectivity index (χ3n) is 3.31. The van der Waals surface area contributed by atoms with Crippen molar-refractivity contribution in [2.24, 2.45) is 5.92 Å². The largest absolute Gasteiger partial charge is 0.353 e. The van der Waals surface area contributed by atoms with Gasteiger partial charge in [-0.3, -0.25) is 9.36 Å². The quantitative estimate of drug-likeness (QED) is 0.768. The minimum Gasteiger partial charge on any atom is -0.353 e. The van der Waals surface area contributed by atoms with Gasteiger partial charge in [0.2, 0.25) is 5.91 Å². The van der Waals surface area contributed by atoms with Crippen LogP contribution in [0.15, 0.2) is 9.95 Å². The number of hydrogen-bond acceptors (Lipinski definition) is 4. The molecule has 0 spiro atoms. The fourth-order valence-electron chi connectivity index (χ4n) is 1.64. The van der Waals surface area contributed by atoms with Crippen molar-refractivity contribution in [3.05, 3.63) is 10.5 Å². The van der Waals surface area contributed by atoms with E-state index in [0.717, 1.165) is 12.8 Å². The molecule has 1 unspecified atom stereocenters. The number of aromatic amines is 1. The van der Waals surface area contributed by atoms with Crippen LogP contribution in [0, 0.1) is 5.92 Å². The van der Waals surface area contributed by atoms with Crippen molar-refractivity contribution in [3.63, 3.8) is 0 Å². The number of nitrogens with zero attached hydrogens (tertiary/aromatic N) is 2. The summed E-state index contributed by atoms with van der Waals surface area (Å²) in [6.45, 7) is 6.12. The van der Waals surface area contributed by atoms with Crippen LogP contribution < -0.4 is 11.0 Å². The van der Waals surface area contributed by atoms with Crippen LogP contribution >= 0.6 is 11.8 Å². The van der Waals surface area contributed by atoms with E-state index >= 15 is 0 Å². The smallest absolute Gasteiger partial charge is 0.344 e. The van der Waals surface area contributed by atoms with Crippen LogP contribution in [0.1, 0.15) is 39.7 Å². The zero-order valence-electron chi connectivity index (χ0n) is 11.5. The molecule has 1 fully saturated rings. The van der Waals surface area contributed by atoms with Gasteiger partial charge in [0.1, 0.15) is 0 Å². The molecule has 1 saturated carbocycles. The number of hydrogen-bond donors (Lipinski definition) is 2. The molecule has 1 heterocycles. The van der Waals surface area contributed by atoms with Gasteiger partial charge in [-0.2, -0.15) is 0 Å². The molecule has 1 aromatic heterocycles. The Kier molecular flexibility index (Phi) is 4.34. The van der Waals surface area contributed by atoms with E-state index in [4.69, 9.17) is 0 Å². The maximum atomic E-state index is 11.8. The lowest BCUT2D eigenvalue weighted by molar-refractivity contribution is -0.119. The molecule has 1 aliphatic carbocycles. The van der Waals surface area contributed by atoms with E-state index in [-0.39, 0.29) is 29.4 Å². The van der Waals surface area contributed by atoms with Crippen LogP contribution in [-0.4, -0.2) is 32.5 Å². The first-order valence-corrected chi connectivity index (χ1v) is 7.56. The van der Waals surface area contributed by atoms with Crippen molar-refractivity contribution in [1.82, 2.24) is 20.1 Å². The van der Waals surface area contributed by atoms with Crippen LogP contribution in [0.25, 0.3) is 0 Å². The molecule has 0 saturated heterocycles. The lowest BCUT2D eigenvalue weighted by Crippen LogP contribution is -2.37. The molecule has 106 valence electrons. The van der Waals surface area contributed by atoms with Crippen molar-refractivity contribution >= 4 is 17.7 Å². The van der Waals surface area contributed by atoms with Gasteiger partial charge in [0.05, 0.1) is 5.75 Å². The van der Waals surface area contributed by atoms with Gasteiger partial charge in [-0.1, -0.05) is 25.6 Å². The summed E-state index contributed by atoms with van der Waals surface area (Å²) in [6, 6.07) is 0.421. The number of carbonyl (C=O) groups is 1. The summed E-state index contributed by atoms with van der Waals surface area (Å²) >= 11 is 1.31. The third-order valence-corrected chi connectivity index (χ3v) is 4.26. The Labute approximate surface area is 116 Å². The Bertz CT molecular complexity index is 504. The van der Waals surface area contributed by atoms with Crippen LogP contribution in [0.4, 0.5) is 0 Å². The third kappa shape index (κ3) is 3.62. The summed E-state index contributed by atoms with van der Waals surface area (Å²) in [7, 11) is 0. The zero-order valence-corrected chi connectivity index (χ0v) is 12.3. The number of nitrogens with one attached hydrogen (secondary N) is 2. The second kappa shape index (κ2) is 5.81. The fraction of sp³-hybridized carbons (Fsp3) is 0.750. The molecule has 0 aliphatic heterocycles. The van der Waals surface area contributed by atoms with Crippen molar-refractivity contribution in [3.8, 4) is 0 Å². The summed E-state index contributed by atoms with van der Waals surface area (Å²) in [5.41, 5.74) is -0.180. The Morgan fingerprint density at radius 2 is 2.21 bits per heavy atom. The topological polar surface area (TPSA) is 79.8 Å². The minimum atomic E-state index is -0.180. The molecule has 6 nitrogen and oxygen atoms in total. The second-order valence-corrected chi connectivity index (χ2v) is 6.24. The molecule has 1 atom stereocenters. The summed E-state index contributed by atoms with van der Waals surface area (Å²) in [6.07, 6.45) is 2.03. The first-order valence-electron chi connectivity index (χ1n) is 6.58. The second-order valence-electron chi connectivity index (χ2n) is 5.30. The van der Waals surface area contributed by atoms with E-state index in [1.807, 2.05) is 6.92 Å². The molecule has 2 rings (SSSR count). The molecule has 1 aromatic rings. The highest BCUT2D eigenvalue weighted by molar-refractivity contribution is 7.99. The Balaban J connectivity index is 1.89. The monoisotopic (exact) mass is 284 g/mol.